The van der Waals surface area contributed by atoms with Gasteiger partial charge in [-0.1, -0.05) is 36.2 Å². The van der Waals surface area contributed by atoms with Crippen LogP contribution in [0.2, 0.25) is 5.02 Å². The Balaban J connectivity index is 1.42. The lowest BCUT2D eigenvalue weighted by molar-refractivity contribution is -0.146. The smallest absolute Gasteiger partial charge is 0.225 e. The number of nitrogens with zero attached hydrogens (tertiary/aromatic N) is 2. The van der Waals surface area contributed by atoms with Crippen LogP contribution in [0.15, 0.2) is 34.9 Å². The SMILES string of the molecule is O=C(C1CCC1)N1CCO[C@@H](c2ncc(Cc3ccccc3Cl)o2)C1. The van der Waals surface area contributed by atoms with Crippen molar-refractivity contribution in [1.82, 2.24) is 9.88 Å². The number of oxazole rings is 1. The van der Waals surface area contributed by atoms with Gasteiger partial charge in [0.1, 0.15) is 5.76 Å². The Labute approximate surface area is 151 Å². The summed E-state index contributed by atoms with van der Waals surface area (Å²) in [7, 11) is 0. The minimum atomic E-state index is -0.294. The molecule has 2 aromatic rings. The van der Waals surface area contributed by atoms with E-state index in [-0.39, 0.29) is 17.9 Å². The van der Waals surface area contributed by atoms with Gasteiger partial charge in [0, 0.05) is 23.9 Å². The highest BCUT2D eigenvalue weighted by molar-refractivity contribution is 6.31. The molecule has 1 aromatic heterocycles. The predicted octanol–water partition coefficient (Wildman–Crippen LogP) is 3.62. The standard InChI is InChI=1S/C19H21ClN2O3/c20-16-7-2-1-4-14(16)10-15-11-21-18(25-15)17-12-22(8-9-24-17)19(23)13-5-3-6-13/h1-2,4,7,11,13,17H,3,5-6,8-10,12H2/t17-/m1/s1. The van der Waals surface area contributed by atoms with E-state index in [9.17, 15) is 4.79 Å². The van der Waals surface area contributed by atoms with Gasteiger partial charge < -0.3 is 14.1 Å². The second kappa shape index (κ2) is 7.18. The molecule has 1 amide bonds. The van der Waals surface area contributed by atoms with Crippen molar-refractivity contribution in [3.63, 3.8) is 0 Å². The maximum atomic E-state index is 12.4. The number of halogens is 1. The van der Waals surface area contributed by atoms with Crippen LogP contribution in [0.5, 0.6) is 0 Å². The molecule has 25 heavy (non-hydrogen) atoms. The van der Waals surface area contributed by atoms with Crippen LogP contribution in [-0.2, 0) is 16.0 Å². The van der Waals surface area contributed by atoms with E-state index in [4.69, 9.17) is 20.8 Å². The van der Waals surface area contributed by atoms with Crippen molar-refractivity contribution in [2.45, 2.75) is 31.8 Å². The molecule has 0 radical (unpaired) electrons. The first-order valence-electron chi connectivity index (χ1n) is 8.79. The summed E-state index contributed by atoms with van der Waals surface area (Å²) < 4.78 is 11.7. The highest BCUT2D eigenvalue weighted by Crippen LogP contribution is 2.31. The van der Waals surface area contributed by atoms with E-state index in [2.05, 4.69) is 4.98 Å². The van der Waals surface area contributed by atoms with Crippen molar-refractivity contribution >= 4 is 17.5 Å². The normalized spacial score (nSPS) is 21.2. The van der Waals surface area contributed by atoms with E-state index in [0.29, 0.717) is 37.0 Å². The summed E-state index contributed by atoms with van der Waals surface area (Å²) in [6.45, 7) is 1.69. The van der Waals surface area contributed by atoms with Crippen LogP contribution in [0.25, 0.3) is 0 Å². The summed E-state index contributed by atoms with van der Waals surface area (Å²) in [5.41, 5.74) is 0.998. The molecule has 0 spiro atoms. The lowest BCUT2D eigenvalue weighted by Crippen LogP contribution is -2.46. The monoisotopic (exact) mass is 360 g/mol. The van der Waals surface area contributed by atoms with Crippen LogP contribution in [0, 0.1) is 5.92 Å². The number of hydrogen-bond acceptors (Lipinski definition) is 4. The highest BCUT2D eigenvalue weighted by atomic mass is 35.5. The minimum Gasteiger partial charge on any atom is -0.442 e. The Morgan fingerprint density at radius 3 is 2.92 bits per heavy atom. The number of morpholine rings is 1. The molecule has 1 aliphatic carbocycles. The van der Waals surface area contributed by atoms with Gasteiger partial charge in [-0.25, -0.2) is 4.98 Å². The molecule has 2 aliphatic rings. The summed E-state index contributed by atoms with van der Waals surface area (Å²) in [6, 6.07) is 7.69. The summed E-state index contributed by atoms with van der Waals surface area (Å²) in [5, 5.41) is 0.714. The Hall–Kier alpha value is -1.85. The van der Waals surface area contributed by atoms with Gasteiger partial charge in [-0.15, -0.1) is 0 Å². The first kappa shape index (κ1) is 16.6. The number of benzene rings is 1. The van der Waals surface area contributed by atoms with Crippen LogP contribution in [0.3, 0.4) is 0 Å². The Morgan fingerprint density at radius 1 is 1.32 bits per heavy atom. The van der Waals surface area contributed by atoms with Crippen LogP contribution in [-0.4, -0.2) is 35.5 Å². The fourth-order valence-corrected chi connectivity index (χ4v) is 3.50. The predicted molar refractivity (Wildman–Crippen MR) is 93.4 cm³/mol. The molecule has 6 heteroatoms. The summed E-state index contributed by atoms with van der Waals surface area (Å²) in [4.78, 5) is 18.7. The second-order valence-electron chi connectivity index (χ2n) is 6.70. The molecule has 0 N–H and O–H groups in total. The third-order valence-electron chi connectivity index (χ3n) is 5.00. The van der Waals surface area contributed by atoms with Crippen molar-refractivity contribution in [2.75, 3.05) is 19.7 Å². The fraction of sp³-hybridized carbons (Fsp3) is 0.474. The van der Waals surface area contributed by atoms with Gasteiger partial charge >= 0.3 is 0 Å². The molecule has 2 fully saturated rings. The first-order valence-corrected chi connectivity index (χ1v) is 9.17. The molecule has 1 saturated carbocycles. The van der Waals surface area contributed by atoms with Crippen LogP contribution in [0.1, 0.15) is 42.6 Å². The van der Waals surface area contributed by atoms with Crippen LogP contribution >= 0.6 is 11.6 Å². The number of hydrogen-bond donors (Lipinski definition) is 0. The lowest BCUT2D eigenvalue weighted by Gasteiger charge is -2.36. The lowest BCUT2D eigenvalue weighted by atomic mass is 9.84. The quantitative estimate of drug-likeness (QED) is 0.835. The molecule has 1 atom stereocenters. The number of carbonyl (C=O) groups is 1. The molecular formula is C19H21ClN2O3. The van der Waals surface area contributed by atoms with Gasteiger partial charge in [-0.3, -0.25) is 4.79 Å². The number of amides is 1. The average Bonchev–Trinajstić information content (AvgIpc) is 3.04. The topological polar surface area (TPSA) is 55.6 Å². The summed E-state index contributed by atoms with van der Waals surface area (Å²) in [6.07, 6.45) is 5.20. The average molecular weight is 361 g/mol. The van der Waals surface area contributed by atoms with Gasteiger partial charge in [-0.05, 0) is 24.5 Å². The minimum absolute atomic E-state index is 0.207. The molecule has 1 aromatic carbocycles. The molecule has 5 nitrogen and oxygen atoms in total. The molecule has 0 unspecified atom stereocenters. The van der Waals surface area contributed by atoms with Crippen molar-refractivity contribution in [1.29, 1.82) is 0 Å². The summed E-state index contributed by atoms with van der Waals surface area (Å²) in [5.74, 6) is 1.74. The molecule has 4 rings (SSSR count). The Bertz CT molecular complexity index is 757. The van der Waals surface area contributed by atoms with Gasteiger partial charge in [0.2, 0.25) is 11.8 Å². The number of aromatic nitrogens is 1. The third kappa shape index (κ3) is 3.58. The molecule has 1 saturated heterocycles. The van der Waals surface area contributed by atoms with Crippen molar-refractivity contribution in [2.24, 2.45) is 5.92 Å². The van der Waals surface area contributed by atoms with E-state index in [1.165, 1.54) is 0 Å². The van der Waals surface area contributed by atoms with E-state index in [1.807, 2.05) is 29.2 Å². The van der Waals surface area contributed by atoms with Crippen LogP contribution < -0.4 is 0 Å². The molecule has 2 heterocycles. The van der Waals surface area contributed by atoms with E-state index in [1.54, 1.807) is 6.20 Å². The van der Waals surface area contributed by atoms with E-state index >= 15 is 0 Å². The Morgan fingerprint density at radius 2 is 2.16 bits per heavy atom. The second-order valence-corrected chi connectivity index (χ2v) is 7.11. The van der Waals surface area contributed by atoms with Crippen LogP contribution in [0.4, 0.5) is 0 Å². The van der Waals surface area contributed by atoms with E-state index in [0.717, 1.165) is 30.6 Å². The first-order chi connectivity index (χ1) is 12.2. The number of ether oxygens (including phenoxy) is 1. The number of carbonyl (C=O) groups excluding carboxylic acids is 1. The maximum Gasteiger partial charge on any atom is 0.225 e. The molecule has 1 aliphatic heterocycles. The van der Waals surface area contributed by atoms with Crippen molar-refractivity contribution in [3.8, 4) is 0 Å². The molecule has 0 bridgehead atoms. The largest absolute Gasteiger partial charge is 0.442 e. The zero-order valence-electron chi connectivity index (χ0n) is 14.0. The Kier molecular flexibility index (Phi) is 4.77. The van der Waals surface area contributed by atoms with Crippen molar-refractivity contribution < 1.29 is 13.9 Å². The van der Waals surface area contributed by atoms with Crippen molar-refractivity contribution in [3.05, 3.63) is 52.7 Å². The van der Waals surface area contributed by atoms with Gasteiger partial charge in [0.25, 0.3) is 0 Å². The van der Waals surface area contributed by atoms with Gasteiger partial charge in [-0.2, -0.15) is 0 Å². The zero-order valence-corrected chi connectivity index (χ0v) is 14.7. The maximum absolute atomic E-state index is 12.4. The van der Waals surface area contributed by atoms with E-state index < -0.39 is 0 Å². The van der Waals surface area contributed by atoms with Gasteiger partial charge in [0.05, 0.1) is 19.3 Å². The van der Waals surface area contributed by atoms with Gasteiger partial charge in [0.15, 0.2) is 6.10 Å². The third-order valence-corrected chi connectivity index (χ3v) is 5.37. The fourth-order valence-electron chi connectivity index (χ4n) is 3.29. The zero-order chi connectivity index (χ0) is 17.2. The number of rotatable bonds is 4. The summed E-state index contributed by atoms with van der Waals surface area (Å²) >= 11 is 6.20. The molecular weight excluding hydrogens is 340 g/mol. The highest BCUT2D eigenvalue weighted by Gasteiger charge is 2.34. The molecule has 132 valence electrons.